The molecule has 0 unspecified atom stereocenters. The Labute approximate surface area is 161 Å². The van der Waals surface area contributed by atoms with E-state index >= 15 is 0 Å². The molecule has 1 fully saturated rings. The zero-order valence-corrected chi connectivity index (χ0v) is 16.6. The lowest BCUT2D eigenvalue weighted by molar-refractivity contribution is 0.0937. The summed E-state index contributed by atoms with van der Waals surface area (Å²) in [7, 11) is 0. The van der Waals surface area contributed by atoms with Crippen molar-refractivity contribution in [1.29, 1.82) is 5.26 Å². The van der Waals surface area contributed by atoms with Gasteiger partial charge >= 0.3 is 0 Å². The van der Waals surface area contributed by atoms with Crippen LogP contribution in [0, 0.1) is 17.2 Å². The quantitative estimate of drug-likeness (QED) is 0.442. The molecule has 7 heteroatoms. The van der Waals surface area contributed by atoms with Gasteiger partial charge in [-0.05, 0) is 43.6 Å². The summed E-state index contributed by atoms with van der Waals surface area (Å²) < 4.78 is 7.58. The van der Waals surface area contributed by atoms with Gasteiger partial charge in [-0.15, -0.1) is 11.3 Å². The third kappa shape index (κ3) is 3.42. The van der Waals surface area contributed by atoms with Gasteiger partial charge in [0.15, 0.2) is 5.16 Å². The molecule has 2 aromatic rings. The van der Waals surface area contributed by atoms with E-state index in [0.29, 0.717) is 24.6 Å². The maximum absolute atomic E-state index is 13.4. The molecule has 5 nitrogen and oxygen atoms in total. The predicted molar refractivity (Wildman–Crippen MR) is 105 cm³/mol. The van der Waals surface area contributed by atoms with Crippen molar-refractivity contribution in [3.8, 4) is 6.07 Å². The number of rotatable bonds is 5. The first-order valence-corrected chi connectivity index (χ1v) is 11.1. The van der Waals surface area contributed by atoms with Crippen molar-refractivity contribution in [2.45, 2.75) is 63.3 Å². The van der Waals surface area contributed by atoms with E-state index in [9.17, 15) is 4.79 Å². The van der Waals surface area contributed by atoms with Crippen LogP contribution < -0.4 is 5.56 Å². The van der Waals surface area contributed by atoms with Crippen molar-refractivity contribution < 1.29 is 4.74 Å². The van der Waals surface area contributed by atoms with Crippen LogP contribution in [0.2, 0.25) is 0 Å². The van der Waals surface area contributed by atoms with E-state index in [2.05, 4.69) is 13.0 Å². The van der Waals surface area contributed by atoms with Gasteiger partial charge in [-0.3, -0.25) is 9.36 Å². The number of hydrogen-bond acceptors (Lipinski definition) is 6. The minimum Gasteiger partial charge on any atom is -0.376 e. The van der Waals surface area contributed by atoms with Crippen molar-refractivity contribution in [3.05, 3.63) is 20.8 Å². The van der Waals surface area contributed by atoms with Gasteiger partial charge in [-0.2, -0.15) is 5.26 Å². The van der Waals surface area contributed by atoms with Crippen LogP contribution in [0.3, 0.4) is 0 Å². The van der Waals surface area contributed by atoms with Crippen LogP contribution in [0.4, 0.5) is 0 Å². The summed E-state index contributed by atoms with van der Waals surface area (Å²) in [6.07, 6.45) is 5.77. The second-order valence-electron chi connectivity index (χ2n) is 7.23. The summed E-state index contributed by atoms with van der Waals surface area (Å²) >= 11 is 3.20. The molecule has 1 aliphatic carbocycles. The van der Waals surface area contributed by atoms with Crippen LogP contribution in [0.5, 0.6) is 0 Å². The number of ether oxygens (including phenoxy) is 1. The van der Waals surface area contributed by atoms with Crippen LogP contribution in [0.15, 0.2) is 9.95 Å². The average Bonchev–Trinajstić information content (AvgIpc) is 3.25. The molecular weight excluding hydrogens is 366 g/mol. The molecule has 26 heavy (non-hydrogen) atoms. The molecule has 2 aliphatic rings. The number of fused-ring (bicyclic) bond motifs is 3. The first-order valence-electron chi connectivity index (χ1n) is 9.33. The van der Waals surface area contributed by atoms with Crippen LogP contribution in [0.25, 0.3) is 10.2 Å². The first-order chi connectivity index (χ1) is 12.7. The molecule has 0 radical (unpaired) electrons. The van der Waals surface area contributed by atoms with Gasteiger partial charge in [-0.1, -0.05) is 18.7 Å². The van der Waals surface area contributed by atoms with Crippen LogP contribution in [-0.2, 0) is 24.1 Å². The van der Waals surface area contributed by atoms with Crippen molar-refractivity contribution in [1.82, 2.24) is 9.55 Å². The number of nitriles is 1. The fraction of sp³-hybridized carbons (Fsp3) is 0.632. The highest BCUT2D eigenvalue weighted by molar-refractivity contribution is 7.99. The van der Waals surface area contributed by atoms with Gasteiger partial charge in [0.1, 0.15) is 4.83 Å². The van der Waals surface area contributed by atoms with Crippen molar-refractivity contribution >= 4 is 33.3 Å². The second kappa shape index (κ2) is 7.71. The third-order valence-corrected chi connectivity index (χ3v) is 7.36. The van der Waals surface area contributed by atoms with Crippen molar-refractivity contribution in [2.75, 3.05) is 12.4 Å². The normalized spacial score (nSPS) is 22.5. The Morgan fingerprint density at radius 2 is 2.35 bits per heavy atom. The summed E-state index contributed by atoms with van der Waals surface area (Å²) in [5.74, 6) is 1.33. The lowest BCUT2D eigenvalue weighted by Gasteiger charge is -2.18. The molecule has 0 amide bonds. The minimum absolute atomic E-state index is 0.0806. The summed E-state index contributed by atoms with van der Waals surface area (Å²) in [6.45, 7) is 3.62. The maximum Gasteiger partial charge on any atom is 0.263 e. The Morgan fingerprint density at radius 1 is 1.46 bits per heavy atom. The standard InChI is InChI=1S/C19H23N3O2S2/c1-12-5-6-14-15(10-12)26-17-16(14)18(23)22(11-13-4-2-8-24-13)19(21-17)25-9-3-7-20/h12-13H,2-6,8-11H2,1H3/t12-,13+/m1/s1. The van der Waals surface area contributed by atoms with E-state index in [1.165, 1.54) is 22.2 Å². The molecule has 2 aromatic heterocycles. The lowest BCUT2D eigenvalue weighted by Crippen LogP contribution is -2.29. The van der Waals surface area contributed by atoms with Crippen molar-refractivity contribution in [2.24, 2.45) is 5.92 Å². The van der Waals surface area contributed by atoms with Gasteiger partial charge < -0.3 is 4.74 Å². The van der Waals surface area contributed by atoms with Crippen LogP contribution >= 0.6 is 23.1 Å². The van der Waals surface area contributed by atoms with E-state index in [0.717, 1.165) is 54.1 Å². The molecule has 138 valence electrons. The Hall–Kier alpha value is -1.36. The molecule has 0 saturated carbocycles. The molecule has 4 rings (SSSR count). The van der Waals surface area contributed by atoms with Crippen molar-refractivity contribution in [3.63, 3.8) is 0 Å². The highest BCUT2D eigenvalue weighted by Crippen LogP contribution is 2.36. The number of aryl methyl sites for hydroxylation is 1. The Kier molecular flexibility index (Phi) is 5.35. The number of aromatic nitrogens is 2. The summed E-state index contributed by atoms with van der Waals surface area (Å²) in [5, 5.41) is 10.4. The zero-order valence-electron chi connectivity index (χ0n) is 15.0. The molecule has 2 atom stereocenters. The summed E-state index contributed by atoms with van der Waals surface area (Å²) in [6, 6.07) is 2.17. The van der Waals surface area contributed by atoms with Gasteiger partial charge in [0.05, 0.1) is 24.1 Å². The molecule has 0 aromatic carbocycles. The third-order valence-electron chi connectivity index (χ3n) is 5.24. The second-order valence-corrected chi connectivity index (χ2v) is 9.38. The maximum atomic E-state index is 13.4. The molecule has 0 bridgehead atoms. The number of nitrogens with zero attached hydrogens (tertiary/aromatic N) is 3. The molecule has 0 spiro atoms. The smallest absolute Gasteiger partial charge is 0.263 e. The van der Waals surface area contributed by atoms with E-state index in [4.69, 9.17) is 15.0 Å². The summed E-state index contributed by atoms with van der Waals surface area (Å²) in [5.41, 5.74) is 1.31. The Bertz CT molecular complexity index is 906. The zero-order chi connectivity index (χ0) is 18.1. The molecule has 0 N–H and O–H groups in total. The van der Waals surface area contributed by atoms with Crippen LogP contribution in [-0.4, -0.2) is 28.0 Å². The Balaban J connectivity index is 1.79. The minimum atomic E-state index is 0.0806. The van der Waals surface area contributed by atoms with Gasteiger partial charge in [-0.25, -0.2) is 4.98 Å². The molecule has 1 saturated heterocycles. The largest absolute Gasteiger partial charge is 0.376 e. The van der Waals surface area contributed by atoms with Gasteiger partial charge in [0, 0.05) is 23.7 Å². The monoisotopic (exact) mass is 389 g/mol. The SMILES string of the molecule is C[C@@H]1CCc2c(sc3nc(SCCC#N)n(C[C@@H]4CCCO4)c(=O)c23)C1. The topological polar surface area (TPSA) is 67.9 Å². The van der Waals surface area contributed by atoms with E-state index in [1.807, 2.05) is 4.57 Å². The Morgan fingerprint density at radius 3 is 3.12 bits per heavy atom. The fourth-order valence-electron chi connectivity index (χ4n) is 3.86. The molecule has 3 heterocycles. The van der Waals surface area contributed by atoms with Gasteiger partial charge in [0.2, 0.25) is 0 Å². The van der Waals surface area contributed by atoms with Crippen LogP contribution in [0.1, 0.15) is 43.0 Å². The van der Waals surface area contributed by atoms with E-state index in [-0.39, 0.29) is 11.7 Å². The number of thioether (sulfide) groups is 1. The predicted octanol–water partition coefficient (Wildman–Crippen LogP) is 3.77. The molecule has 1 aliphatic heterocycles. The number of thiophene rings is 1. The highest BCUT2D eigenvalue weighted by Gasteiger charge is 2.26. The highest BCUT2D eigenvalue weighted by atomic mass is 32.2. The summed E-state index contributed by atoms with van der Waals surface area (Å²) in [4.78, 5) is 20.5. The average molecular weight is 390 g/mol. The first kappa shape index (κ1) is 18.0. The molecular formula is C19H23N3O2S2. The van der Waals surface area contributed by atoms with E-state index in [1.54, 1.807) is 11.3 Å². The van der Waals surface area contributed by atoms with Gasteiger partial charge in [0.25, 0.3) is 5.56 Å². The number of hydrogen-bond donors (Lipinski definition) is 0. The fourth-order valence-corrected chi connectivity index (χ4v) is 6.13. The van der Waals surface area contributed by atoms with E-state index < -0.39 is 0 Å². The lowest BCUT2D eigenvalue weighted by atomic mass is 9.89.